The van der Waals surface area contributed by atoms with Crippen LogP contribution in [0.4, 0.5) is 0 Å². The van der Waals surface area contributed by atoms with Gasteiger partial charge in [0, 0.05) is 10.9 Å². The fraction of sp³-hybridized carbons (Fsp3) is 0.462. The smallest absolute Gasteiger partial charge is 0.152 e. The molecule has 0 bridgehead atoms. The van der Waals surface area contributed by atoms with Gasteiger partial charge in [0.25, 0.3) is 0 Å². The van der Waals surface area contributed by atoms with Crippen molar-refractivity contribution in [1.82, 2.24) is 5.32 Å². The minimum Gasteiger partial charge on any atom is -0.310 e. The Labute approximate surface area is 102 Å². The maximum Gasteiger partial charge on any atom is 0.152 e. The predicted molar refractivity (Wildman–Crippen MR) is 67.8 cm³/mol. The number of likely N-dealkylation sites (N-methyl/N-ethyl adjacent to an activating group) is 1. The molecule has 0 heterocycles. The van der Waals surface area contributed by atoms with Crippen molar-refractivity contribution in [1.29, 1.82) is 0 Å². The van der Waals surface area contributed by atoms with Crippen LogP contribution in [0.1, 0.15) is 19.4 Å². The van der Waals surface area contributed by atoms with Crippen molar-refractivity contribution < 1.29 is 4.79 Å². The number of rotatable bonds is 5. The van der Waals surface area contributed by atoms with Crippen LogP contribution in [0, 0.1) is 5.92 Å². The molecule has 0 saturated heterocycles. The summed E-state index contributed by atoms with van der Waals surface area (Å²) in [4.78, 5) is 11.9. The van der Waals surface area contributed by atoms with Crippen molar-refractivity contribution >= 4 is 17.4 Å². The Hall–Kier alpha value is -0.860. The summed E-state index contributed by atoms with van der Waals surface area (Å²) in [6, 6.07) is 7.51. The van der Waals surface area contributed by atoms with Gasteiger partial charge < -0.3 is 5.32 Å². The molecule has 1 atom stereocenters. The highest BCUT2D eigenvalue weighted by molar-refractivity contribution is 6.30. The van der Waals surface area contributed by atoms with Crippen LogP contribution in [-0.2, 0) is 11.2 Å². The van der Waals surface area contributed by atoms with Crippen LogP contribution in [0.2, 0.25) is 5.02 Å². The standard InChI is InChI=1S/C13H18ClNO/c1-9(2)13(16)12(15-3)8-10-4-6-11(14)7-5-10/h4-7,9,12,15H,8H2,1-3H3/t12-/m1/s1. The molecule has 3 heteroatoms. The van der Waals surface area contributed by atoms with E-state index in [4.69, 9.17) is 11.6 Å². The molecule has 0 aliphatic rings. The first-order valence-electron chi connectivity index (χ1n) is 5.50. The molecule has 0 spiro atoms. The zero-order valence-electron chi connectivity index (χ0n) is 9.96. The predicted octanol–water partition coefficient (Wildman–Crippen LogP) is 2.70. The zero-order valence-corrected chi connectivity index (χ0v) is 10.7. The Balaban J connectivity index is 2.70. The normalized spacial score (nSPS) is 12.8. The Morgan fingerprint density at radius 3 is 2.31 bits per heavy atom. The highest BCUT2D eigenvalue weighted by Gasteiger charge is 2.19. The molecule has 2 nitrogen and oxygen atoms in total. The van der Waals surface area contributed by atoms with E-state index in [1.54, 1.807) is 0 Å². The van der Waals surface area contributed by atoms with E-state index in [-0.39, 0.29) is 17.7 Å². The highest BCUT2D eigenvalue weighted by Crippen LogP contribution is 2.12. The van der Waals surface area contributed by atoms with E-state index >= 15 is 0 Å². The van der Waals surface area contributed by atoms with Crippen LogP contribution < -0.4 is 5.32 Å². The van der Waals surface area contributed by atoms with Gasteiger partial charge in [-0.05, 0) is 31.2 Å². The lowest BCUT2D eigenvalue weighted by molar-refractivity contribution is -0.123. The molecule has 88 valence electrons. The number of halogens is 1. The molecular formula is C13H18ClNO. The third-order valence-corrected chi connectivity index (χ3v) is 2.87. The van der Waals surface area contributed by atoms with E-state index in [1.165, 1.54) is 0 Å². The second kappa shape index (κ2) is 6.02. The van der Waals surface area contributed by atoms with Gasteiger partial charge in [-0.1, -0.05) is 37.6 Å². The Morgan fingerprint density at radius 2 is 1.88 bits per heavy atom. The van der Waals surface area contributed by atoms with Crippen LogP contribution >= 0.6 is 11.6 Å². The maximum absolute atomic E-state index is 11.9. The molecule has 0 aromatic heterocycles. The van der Waals surface area contributed by atoms with E-state index in [0.29, 0.717) is 6.42 Å². The average Bonchev–Trinajstić information content (AvgIpc) is 2.27. The van der Waals surface area contributed by atoms with Gasteiger partial charge in [-0.25, -0.2) is 0 Å². The number of carbonyl (C=O) groups is 1. The van der Waals surface area contributed by atoms with Crippen molar-refractivity contribution in [3.05, 3.63) is 34.9 Å². The molecule has 0 unspecified atom stereocenters. The Kier molecular flexibility index (Phi) is 4.97. The molecule has 0 fully saturated rings. The first kappa shape index (κ1) is 13.2. The summed E-state index contributed by atoms with van der Waals surface area (Å²) >= 11 is 5.81. The lowest BCUT2D eigenvalue weighted by Gasteiger charge is -2.17. The van der Waals surface area contributed by atoms with Crippen molar-refractivity contribution in [2.75, 3.05) is 7.05 Å². The van der Waals surface area contributed by atoms with Gasteiger partial charge in [0.1, 0.15) is 0 Å². The SMILES string of the molecule is CN[C@H](Cc1ccc(Cl)cc1)C(=O)C(C)C. The Morgan fingerprint density at radius 1 is 1.31 bits per heavy atom. The summed E-state index contributed by atoms with van der Waals surface area (Å²) < 4.78 is 0. The van der Waals surface area contributed by atoms with E-state index < -0.39 is 0 Å². The number of hydrogen-bond acceptors (Lipinski definition) is 2. The second-order valence-corrected chi connectivity index (χ2v) is 4.67. The summed E-state index contributed by atoms with van der Waals surface area (Å²) in [6.07, 6.45) is 0.713. The lowest BCUT2D eigenvalue weighted by atomic mass is 9.96. The van der Waals surface area contributed by atoms with Crippen molar-refractivity contribution in [3.63, 3.8) is 0 Å². The largest absolute Gasteiger partial charge is 0.310 e. The maximum atomic E-state index is 11.9. The van der Waals surface area contributed by atoms with Gasteiger partial charge in [0.2, 0.25) is 0 Å². The van der Waals surface area contributed by atoms with Gasteiger partial charge in [-0.3, -0.25) is 4.79 Å². The molecule has 1 rings (SSSR count). The van der Waals surface area contributed by atoms with Crippen molar-refractivity contribution in [3.8, 4) is 0 Å². The minimum absolute atomic E-state index is 0.0600. The number of hydrogen-bond donors (Lipinski definition) is 1. The first-order valence-corrected chi connectivity index (χ1v) is 5.87. The van der Waals surface area contributed by atoms with Crippen LogP contribution in [-0.4, -0.2) is 18.9 Å². The van der Waals surface area contributed by atoms with E-state index in [2.05, 4.69) is 5.32 Å². The van der Waals surface area contributed by atoms with Crippen LogP contribution in [0.15, 0.2) is 24.3 Å². The number of ketones is 1. The molecule has 16 heavy (non-hydrogen) atoms. The summed E-state index contributed by atoms with van der Waals surface area (Å²) in [5, 5.41) is 3.79. The third-order valence-electron chi connectivity index (χ3n) is 2.61. The molecule has 1 aromatic carbocycles. The monoisotopic (exact) mass is 239 g/mol. The van der Waals surface area contributed by atoms with Crippen LogP contribution in [0.5, 0.6) is 0 Å². The molecular weight excluding hydrogens is 222 g/mol. The van der Waals surface area contributed by atoms with E-state index in [0.717, 1.165) is 10.6 Å². The van der Waals surface area contributed by atoms with Gasteiger partial charge in [-0.15, -0.1) is 0 Å². The fourth-order valence-electron chi connectivity index (χ4n) is 1.60. The number of Topliss-reactive ketones (excluding diaryl/α,β-unsaturated/α-hetero) is 1. The molecule has 0 radical (unpaired) electrons. The highest BCUT2D eigenvalue weighted by atomic mass is 35.5. The van der Waals surface area contributed by atoms with E-state index in [9.17, 15) is 4.79 Å². The molecule has 0 amide bonds. The molecule has 0 aliphatic carbocycles. The Bertz CT molecular complexity index is 345. The van der Waals surface area contributed by atoms with Crippen LogP contribution in [0.3, 0.4) is 0 Å². The summed E-state index contributed by atoms with van der Waals surface area (Å²) in [5.41, 5.74) is 1.12. The topological polar surface area (TPSA) is 29.1 Å². The molecule has 0 aliphatic heterocycles. The minimum atomic E-state index is -0.110. The zero-order chi connectivity index (χ0) is 12.1. The van der Waals surface area contributed by atoms with Crippen molar-refractivity contribution in [2.45, 2.75) is 26.3 Å². The quantitative estimate of drug-likeness (QED) is 0.856. The number of nitrogens with one attached hydrogen (secondary N) is 1. The van der Waals surface area contributed by atoms with Gasteiger partial charge in [0.15, 0.2) is 5.78 Å². The average molecular weight is 240 g/mol. The number of carbonyl (C=O) groups excluding carboxylic acids is 1. The molecule has 1 aromatic rings. The van der Waals surface area contributed by atoms with Gasteiger partial charge >= 0.3 is 0 Å². The molecule has 0 saturated carbocycles. The number of benzene rings is 1. The fourth-order valence-corrected chi connectivity index (χ4v) is 1.73. The van der Waals surface area contributed by atoms with Crippen molar-refractivity contribution in [2.24, 2.45) is 5.92 Å². The third kappa shape index (κ3) is 3.62. The van der Waals surface area contributed by atoms with Gasteiger partial charge in [0.05, 0.1) is 6.04 Å². The van der Waals surface area contributed by atoms with Gasteiger partial charge in [-0.2, -0.15) is 0 Å². The summed E-state index contributed by atoms with van der Waals surface area (Å²) in [7, 11) is 1.82. The van der Waals surface area contributed by atoms with Crippen LogP contribution in [0.25, 0.3) is 0 Å². The first-order chi connectivity index (χ1) is 7.54. The molecule has 1 N–H and O–H groups in total. The summed E-state index contributed by atoms with van der Waals surface area (Å²) in [5.74, 6) is 0.308. The summed E-state index contributed by atoms with van der Waals surface area (Å²) in [6.45, 7) is 3.85. The second-order valence-electron chi connectivity index (χ2n) is 4.23. The lowest BCUT2D eigenvalue weighted by Crippen LogP contribution is -2.38. The van der Waals surface area contributed by atoms with E-state index in [1.807, 2.05) is 45.2 Å².